The van der Waals surface area contributed by atoms with Crippen LogP contribution >= 0.6 is 11.6 Å². The van der Waals surface area contributed by atoms with Crippen molar-refractivity contribution in [2.75, 3.05) is 11.5 Å². The summed E-state index contributed by atoms with van der Waals surface area (Å²) in [5.41, 5.74) is 6.40. The number of ether oxygens (including phenoxy) is 1. The zero-order valence-corrected chi connectivity index (χ0v) is 15.9. The van der Waals surface area contributed by atoms with Crippen molar-refractivity contribution >= 4 is 23.2 Å². The van der Waals surface area contributed by atoms with Gasteiger partial charge in [-0.2, -0.15) is 0 Å². The molecule has 0 saturated heterocycles. The molecule has 0 bridgehead atoms. The third-order valence-corrected chi connectivity index (χ3v) is 5.05. The summed E-state index contributed by atoms with van der Waals surface area (Å²) in [6.45, 7) is 3.11. The van der Waals surface area contributed by atoms with Crippen LogP contribution in [0.4, 0.5) is 5.69 Å². The van der Waals surface area contributed by atoms with Crippen molar-refractivity contribution in [2.24, 2.45) is 0 Å². The molecule has 136 valence electrons. The molecule has 3 nitrogen and oxygen atoms in total. The van der Waals surface area contributed by atoms with E-state index in [2.05, 4.69) is 37.3 Å². The maximum atomic E-state index is 12.6. The first-order valence-corrected chi connectivity index (χ1v) is 9.30. The molecular formula is C23H20ClNO2. The minimum Gasteiger partial charge on any atom is -0.367 e. The molecule has 3 aromatic carbocycles. The average molecular weight is 378 g/mol. The number of halogens is 1. The molecular weight excluding hydrogens is 358 g/mol. The minimum atomic E-state index is -0.0198. The third kappa shape index (κ3) is 3.90. The van der Waals surface area contributed by atoms with Gasteiger partial charge in [0.05, 0.1) is 13.2 Å². The van der Waals surface area contributed by atoms with Crippen LogP contribution in [0.5, 0.6) is 0 Å². The highest BCUT2D eigenvalue weighted by atomic mass is 35.5. The Morgan fingerprint density at radius 2 is 1.63 bits per heavy atom. The van der Waals surface area contributed by atoms with Crippen molar-refractivity contribution in [1.82, 2.24) is 0 Å². The predicted molar refractivity (Wildman–Crippen MR) is 109 cm³/mol. The quantitative estimate of drug-likeness (QED) is 0.613. The van der Waals surface area contributed by atoms with Crippen LogP contribution < -0.4 is 4.90 Å². The van der Waals surface area contributed by atoms with Gasteiger partial charge < -0.3 is 9.64 Å². The standard InChI is InChI=1S/C23H20ClNO2/c1-16-2-4-17(5-3-16)13-25-22-11-8-19(18-6-9-21(24)10-7-18)12-20(22)14-27-15-23(25)26/h2-12H,13-15H2,1H3. The molecule has 1 aliphatic heterocycles. The van der Waals surface area contributed by atoms with Crippen LogP contribution in [0.1, 0.15) is 16.7 Å². The second-order valence-corrected chi connectivity index (χ2v) is 7.25. The molecule has 0 aromatic heterocycles. The van der Waals surface area contributed by atoms with E-state index in [9.17, 15) is 4.79 Å². The zero-order valence-electron chi connectivity index (χ0n) is 15.1. The highest BCUT2D eigenvalue weighted by Gasteiger charge is 2.23. The first kappa shape index (κ1) is 17.8. The van der Waals surface area contributed by atoms with Gasteiger partial charge in [0.15, 0.2) is 0 Å². The Labute approximate surface area is 164 Å². The van der Waals surface area contributed by atoms with Crippen LogP contribution in [-0.2, 0) is 22.7 Å². The zero-order chi connectivity index (χ0) is 18.8. The number of fused-ring (bicyclic) bond motifs is 1. The van der Waals surface area contributed by atoms with E-state index >= 15 is 0 Å². The summed E-state index contributed by atoms with van der Waals surface area (Å²) in [6, 6.07) is 22.2. The van der Waals surface area contributed by atoms with Gasteiger partial charge in [0.25, 0.3) is 5.91 Å². The van der Waals surface area contributed by atoms with Gasteiger partial charge in [-0.15, -0.1) is 0 Å². The van der Waals surface area contributed by atoms with Crippen molar-refractivity contribution in [1.29, 1.82) is 0 Å². The highest BCUT2D eigenvalue weighted by molar-refractivity contribution is 6.30. The smallest absolute Gasteiger partial charge is 0.253 e. The van der Waals surface area contributed by atoms with Gasteiger partial charge in [-0.1, -0.05) is 59.6 Å². The molecule has 0 unspecified atom stereocenters. The number of rotatable bonds is 3. The number of carbonyl (C=O) groups excluding carboxylic acids is 1. The van der Waals surface area contributed by atoms with Gasteiger partial charge in [0, 0.05) is 16.3 Å². The molecule has 0 aliphatic carbocycles. The lowest BCUT2D eigenvalue weighted by molar-refractivity contribution is -0.123. The lowest BCUT2D eigenvalue weighted by atomic mass is 10.0. The second-order valence-electron chi connectivity index (χ2n) is 6.81. The summed E-state index contributed by atoms with van der Waals surface area (Å²) in [4.78, 5) is 14.4. The molecule has 1 aliphatic rings. The van der Waals surface area contributed by atoms with Gasteiger partial charge in [0.2, 0.25) is 0 Å². The maximum absolute atomic E-state index is 12.6. The molecule has 1 heterocycles. The van der Waals surface area contributed by atoms with Gasteiger partial charge in [-0.05, 0) is 47.9 Å². The molecule has 1 amide bonds. The lowest BCUT2D eigenvalue weighted by Crippen LogP contribution is -2.32. The molecule has 4 heteroatoms. The Morgan fingerprint density at radius 1 is 0.926 bits per heavy atom. The van der Waals surface area contributed by atoms with Crippen molar-refractivity contribution in [3.05, 3.63) is 88.4 Å². The number of hydrogen-bond acceptors (Lipinski definition) is 2. The Balaban J connectivity index is 1.69. The maximum Gasteiger partial charge on any atom is 0.253 e. The van der Waals surface area contributed by atoms with E-state index in [0.29, 0.717) is 18.2 Å². The predicted octanol–water partition coefficient (Wildman–Crippen LogP) is 5.38. The number of amides is 1. The summed E-state index contributed by atoms with van der Waals surface area (Å²) < 4.78 is 5.62. The van der Waals surface area contributed by atoms with Crippen LogP contribution in [0, 0.1) is 6.92 Å². The summed E-state index contributed by atoms with van der Waals surface area (Å²) >= 11 is 5.99. The third-order valence-electron chi connectivity index (χ3n) is 4.79. The monoisotopic (exact) mass is 377 g/mol. The van der Waals surface area contributed by atoms with E-state index in [1.54, 1.807) is 0 Å². The molecule has 0 N–H and O–H groups in total. The van der Waals surface area contributed by atoms with E-state index in [-0.39, 0.29) is 12.5 Å². The second kappa shape index (κ2) is 7.55. The largest absolute Gasteiger partial charge is 0.367 e. The SMILES string of the molecule is Cc1ccc(CN2C(=O)COCc3cc(-c4ccc(Cl)cc4)ccc32)cc1. The number of aryl methyl sites for hydroxylation is 1. The van der Waals surface area contributed by atoms with Crippen molar-refractivity contribution < 1.29 is 9.53 Å². The van der Waals surface area contributed by atoms with E-state index in [0.717, 1.165) is 27.9 Å². The number of nitrogens with zero attached hydrogens (tertiary/aromatic N) is 1. The molecule has 3 aromatic rings. The summed E-state index contributed by atoms with van der Waals surface area (Å²) in [5.74, 6) is -0.0198. The van der Waals surface area contributed by atoms with Gasteiger partial charge in [0.1, 0.15) is 6.61 Å². The average Bonchev–Trinajstić information content (AvgIpc) is 2.83. The van der Waals surface area contributed by atoms with Crippen LogP contribution in [0.3, 0.4) is 0 Å². The fourth-order valence-electron chi connectivity index (χ4n) is 3.30. The van der Waals surface area contributed by atoms with Crippen molar-refractivity contribution in [3.63, 3.8) is 0 Å². The normalized spacial score (nSPS) is 14.0. The molecule has 4 rings (SSSR count). The van der Waals surface area contributed by atoms with E-state index in [1.807, 2.05) is 41.3 Å². The molecule has 0 atom stereocenters. The number of hydrogen-bond donors (Lipinski definition) is 0. The summed E-state index contributed by atoms with van der Waals surface area (Å²) in [6.07, 6.45) is 0. The minimum absolute atomic E-state index is 0.0198. The molecule has 27 heavy (non-hydrogen) atoms. The van der Waals surface area contributed by atoms with E-state index in [4.69, 9.17) is 16.3 Å². The molecule has 0 fully saturated rings. The van der Waals surface area contributed by atoms with Crippen LogP contribution in [0.2, 0.25) is 5.02 Å². The van der Waals surface area contributed by atoms with Crippen LogP contribution in [0.25, 0.3) is 11.1 Å². The number of anilines is 1. The van der Waals surface area contributed by atoms with E-state index in [1.165, 1.54) is 5.56 Å². The Hall–Kier alpha value is -2.62. The van der Waals surface area contributed by atoms with Gasteiger partial charge in [-0.3, -0.25) is 4.79 Å². The van der Waals surface area contributed by atoms with E-state index < -0.39 is 0 Å². The molecule has 0 radical (unpaired) electrons. The Bertz CT molecular complexity index is 965. The first-order valence-electron chi connectivity index (χ1n) is 8.93. The van der Waals surface area contributed by atoms with Crippen molar-refractivity contribution in [2.45, 2.75) is 20.1 Å². The molecule has 0 saturated carbocycles. The van der Waals surface area contributed by atoms with Gasteiger partial charge in [-0.25, -0.2) is 0 Å². The number of carbonyl (C=O) groups is 1. The summed E-state index contributed by atoms with van der Waals surface area (Å²) in [5, 5.41) is 0.715. The highest BCUT2D eigenvalue weighted by Crippen LogP contribution is 2.31. The summed E-state index contributed by atoms with van der Waals surface area (Å²) in [7, 11) is 0. The fourth-order valence-corrected chi connectivity index (χ4v) is 3.42. The Kier molecular flexibility index (Phi) is 4.97. The fraction of sp³-hybridized carbons (Fsp3) is 0.174. The van der Waals surface area contributed by atoms with Crippen molar-refractivity contribution in [3.8, 4) is 11.1 Å². The topological polar surface area (TPSA) is 29.5 Å². The van der Waals surface area contributed by atoms with Crippen LogP contribution in [-0.4, -0.2) is 12.5 Å². The Morgan fingerprint density at radius 3 is 2.37 bits per heavy atom. The number of benzene rings is 3. The van der Waals surface area contributed by atoms with Gasteiger partial charge >= 0.3 is 0 Å². The first-order chi connectivity index (χ1) is 13.1. The lowest BCUT2D eigenvalue weighted by Gasteiger charge is -2.23. The van der Waals surface area contributed by atoms with Crippen LogP contribution in [0.15, 0.2) is 66.7 Å². The molecule has 0 spiro atoms.